The summed E-state index contributed by atoms with van der Waals surface area (Å²) in [6, 6.07) is -1.69. The van der Waals surface area contributed by atoms with Crippen molar-refractivity contribution in [2.45, 2.75) is 43.2 Å². The Morgan fingerprint density at radius 1 is 1.24 bits per heavy atom. The van der Waals surface area contributed by atoms with Crippen molar-refractivity contribution < 1.29 is 33.5 Å². The van der Waals surface area contributed by atoms with Crippen LogP contribution in [0.15, 0.2) is 0 Å². The van der Waals surface area contributed by atoms with Crippen molar-refractivity contribution in [3.8, 4) is 0 Å². The number of nitrogens with one attached hydrogen (secondary N) is 2. The van der Waals surface area contributed by atoms with Crippen LogP contribution in [0.25, 0.3) is 0 Å². The molecule has 0 radical (unpaired) electrons. The van der Waals surface area contributed by atoms with Crippen LogP contribution < -0.4 is 10.6 Å². The molecule has 3 atom stereocenters. The van der Waals surface area contributed by atoms with Crippen LogP contribution in [0.3, 0.4) is 0 Å². The van der Waals surface area contributed by atoms with E-state index in [1.54, 1.807) is 0 Å². The van der Waals surface area contributed by atoms with Gasteiger partial charge in [0.15, 0.2) is 4.90 Å². The third kappa shape index (κ3) is 2.72. The summed E-state index contributed by atoms with van der Waals surface area (Å²) in [5.41, 5.74) is 0. The van der Waals surface area contributed by atoms with Crippen molar-refractivity contribution in [2.75, 3.05) is 6.54 Å². The van der Waals surface area contributed by atoms with Gasteiger partial charge in [-0.3, -0.25) is 13.9 Å². The molecule has 9 nitrogen and oxygen atoms in total. The van der Waals surface area contributed by atoms with E-state index in [4.69, 9.17) is 0 Å². The van der Waals surface area contributed by atoms with Gasteiger partial charge in [0.2, 0.25) is 5.91 Å². The minimum Gasteiger partial charge on any atom is -0.353 e. The number of hydrogen-bond acceptors (Lipinski definition) is 4. The van der Waals surface area contributed by atoms with E-state index in [0.29, 0.717) is 13.0 Å². The lowest BCUT2D eigenvalue weighted by Crippen LogP contribution is -2.52. The highest BCUT2D eigenvalue weighted by Crippen LogP contribution is 2.76. The summed E-state index contributed by atoms with van der Waals surface area (Å²) < 4.78 is 23.9. The zero-order chi connectivity index (χ0) is 16.1. The van der Waals surface area contributed by atoms with Crippen LogP contribution in [0.4, 0.5) is 0 Å². The van der Waals surface area contributed by atoms with Gasteiger partial charge in [-0.15, -0.1) is 0 Å². The molecule has 21 heavy (non-hydrogen) atoms. The molecule has 122 valence electrons. The molecule has 2 fully saturated rings. The Bertz CT molecular complexity index is 505. The Balaban J connectivity index is 2.52. The van der Waals surface area contributed by atoms with Gasteiger partial charge in [-0.2, -0.15) is 0 Å². The molecule has 0 aromatic rings. The number of fused-ring (bicyclic) bond motifs is 1. The number of carbonyl (C=O) groups excluding carboxylic acids is 1. The van der Waals surface area contributed by atoms with Gasteiger partial charge in [-0.25, -0.2) is 0 Å². The molecule has 1 saturated heterocycles. The van der Waals surface area contributed by atoms with Crippen LogP contribution in [-0.4, -0.2) is 49.0 Å². The summed E-state index contributed by atoms with van der Waals surface area (Å²) in [6.45, 7) is 1.69. The smallest absolute Gasteiger partial charge is 0.345 e. The Labute approximate surface area is 121 Å². The molecule has 1 saturated carbocycles. The number of amides is 1. The molecule has 2 rings (SSSR count). The van der Waals surface area contributed by atoms with Crippen molar-refractivity contribution in [3.63, 3.8) is 0 Å². The maximum absolute atomic E-state index is 11.9. The number of hydrogen-bond donors (Lipinski definition) is 6. The predicted molar refractivity (Wildman–Crippen MR) is 73.6 cm³/mol. The normalized spacial score (nSPS) is 32.5. The molecular weight excluding hydrogens is 322 g/mol. The highest BCUT2D eigenvalue weighted by molar-refractivity contribution is 7.72. The highest BCUT2D eigenvalue weighted by atomic mass is 31.2. The molecular formula is C10H20N2O7P2. The molecule has 0 bridgehead atoms. The molecule has 0 spiro atoms. The molecule has 0 aromatic carbocycles. The van der Waals surface area contributed by atoms with Crippen molar-refractivity contribution in [3.05, 3.63) is 0 Å². The van der Waals surface area contributed by atoms with Gasteiger partial charge in [0.05, 0.1) is 0 Å². The summed E-state index contributed by atoms with van der Waals surface area (Å²) in [5, 5.41) is 5.43. The lowest BCUT2D eigenvalue weighted by molar-refractivity contribution is -0.119. The summed E-state index contributed by atoms with van der Waals surface area (Å²) in [4.78, 5) is 47.4. The summed E-state index contributed by atoms with van der Waals surface area (Å²) in [7, 11) is -10.2. The van der Waals surface area contributed by atoms with Crippen LogP contribution in [0.5, 0.6) is 0 Å². The SMILES string of the molecule is CC(=O)NC1CC(P(=O)(O)O)(P(=O)(O)O)C2NCCCC12. The first-order valence-corrected chi connectivity index (χ1v) is 9.85. The van der Waals surface area contributed by atoms with Crippen molar-refractivity contribution in [1.82, 2.24) is 10.6 Å². The molecule has 11 heteroatoms. The fourth-order valence-corrected chi connectivity index (χ4v) is 7.16. The minimum absolute atomic E-state index is 0.392. The van der Waals surface area contributed by atoms with Crippen molar-refractivity contribution >= 4 is 21.1 Å². The van der Waals surface area contributed by atoms with Crippen LogP contribution in [0.1, 0.15) is 26.2 Å². The lowest BCUT2D eigenvalue weighted by Gasteiger charge is -2.40. The van der Waals surface area contributed by atoms with Crippen LogP contribution in [-0.2, 0) is 13.9 Å². The van der Waals surface area contributed by atoms with E-state index in [2.05, 4.69) is 10.6 Å². The molecule has 1 aliphatic carbocycles. The van der Waals surface area contributed by atoms with Crippen molar-refractivity contribution in [2.24, 2.45) is 5.92 Å². The third-order valence-electron chi connectivity index (χ3n) is 4.44. The Hall–Kier alpha value is -0.270. The second kappa shape index (κ2) is 5.42. The van der Waals surface area contributed by atoms with Gasteiger partial charge < -0.3 is 30.2 Å². The van der Waals surface area contributed by atoms with Gasteiger partial charge in [-0.05, 0) is 31.7 Å². The largest absolute Gasteiger partial charge is 0.353 e. The van der Waals surface area contributed by atoms with E-state index in [1.807, 2.05) is 0 Å². The molecule has 1 aliphatic heterocycles. The molecule has 0 aromatic heterocycles. The van der Waals surface area contributed by atoms with E-state index >= 15 is 0 Å². The standard InChI is InChI=1S/C10H20N2O7P2/c1-6(13)12-8-5-10(20(14,15)16,21(17,18)19)9-7(8)3-2-4-11-9/h7-9,11H,2-5H2,1H3,(H,12,13)(H2,14,15,16)(H2,17,18,19). The molecule has 2 aliphatic rings. The van der Waals surface area contributed by atoms with E-state index in [9.17, 15) is 33.5 Å². The van der Waals surface area contributed by atoms with Gasteiger partial charge in [0, 0.05) is 19.0 Å². The average Bonchev–Trinajstić information content (AvgIpc) is 2.63. The zero-order valence-electron chi connectivity index (χ0n) is 11.5. The number of piperidine rings is 1. The first-order chi connectivity index (χ1) is 9.50. The van der Waals surface area contributed by atoms with Gasteiger partial charge in [0.1, 0.15) is 0 Å². The quantitative estimate of drug-likeness (QED) is 0.368. The van der Waals surface area contributed by atoms with E-state index < -0.39 is 50.4 Å². The molecule has 1 amide bonds. The van der Waals surface area contributed by atoms with Gasteiger partial charge >= 0.3 is 15.2 Å². The lowest BCUT2D eigenvalue weighted by atomic mass is 9.91. The first kappa shape index (κ1) is 17.1. The summed E-state index contributed by atoms with van der Waals surface area (Å²) in [5.74, 6) is -0.806. The predicted octanol–water partition coefficient (Wildman–Crippen LogP) is -0.685. The molecule has 3 unspecified atom stereocenters. The highest BCUT2D eigenvalue weighted by Gasteiger charge is 2.71. The Kier molecular flexibility index (Phi) is 4.41. The van der Waals surface area contributed by atoms with E-state index in [-0.39, 0.29) is 0 Å². The van der Waals surface area contributed by atoms with E-state index in [1.165, 1.54) is 6.92 Å². The summed E-state index contributed by atoms with van der Waals surface area (Å²) in [6.07, 6.45) is 0.823. The second-order valence-corrected chi connectivity index (χ2v) is 9.84. The van der Waals surface area contributed by atoms with Crippen molar-refractivity contribution in [1.29, 1.82) is 0 Å². The Morgan fingerprint density at radius 2 is 1.81 bits per heavy atom. The average molecular weight is 342 g/mol. The Morgan fingerprint density at radius 3 is 2.29 bits per heavy atom. The summed E-state index contributed by atoms with van der Waals surface area (Å²) >= 11 is 0. The first-order valence-electron chi connectivity index (χ1n) is 6.62. The minimum atomic E-state index is -5.11. The van der Waals surface area contributed by atoms with Crippen LogP contribution >= 0.6 is 15.2 Å². The topological polar surface area (TPSA) is 156 Å². The van der Waals surface area contributed by atoms with Crippen LogP contribution in [0.2, 0.25) is 0 Å². The number of rotatable bonds is 3. The fraction of sp³-hybridized carbons (Fsp3) is 0.900. The zero-order valence-corrected chi connectivity index (χ0v) is 13.3. The molecule has 1 heterocycles. The fourth-order valence-electron chi connectivity index (χ4n) is 3.64. The van der Waals surface area contributed by atoms with Crippen LogP contribution in [0, 0.1) is 5.92 Å². The second-order valence-electron chi connectivity index (χ2n) is 5.72. The van der Waals surface area contributed by atoms with Gasteiger partial charge in [0.25, 0.3) is 0 Å². The number of carbonyl (C=O) groups is 1. The maximum Gasteiger partial charge on any atom is 0.345 e. The van der Waals surface area contributed by atoms with E-state index in [0.717, 1.165) is 6.42 Å². The monoisotopic (exact) mass is 342 g/mol. The third-order valence-corrected chi connectivity index (χ3v) is 8.94. The maximum atomic E-state index is 11.9. The van der Waals surface area contributed by atoms with Gasteiger partial charge in [-0.1, -0.05) is 0 Å². The molecule has 6 N–H and O–H groups in total.